The Morgan fingerprint density at radius 1 is 1.20 bits per heavy atom. The van der Waals surface area contributed by atoms with Crippen molar-refractivity contribution in [3.63, 3.8) is 0 Å². The maximum absolute atomic E-state index is 6.03. The number of nitrogens with zero attached hydrogens (tertiary/aromatic N) is 1. The van der Waals surface area contributed by atoms with Crippen molar-refractivity contribution >= 4 is 23.3 Å². The Labute approximate surface area is 153 Å². The molecule has 0 aromatic heterocycles. The van der Waals surface area contributed by atoms with Crippen LogP contribution >= 0.6 is 11.6 Å². The van der Waals surface area contributed by atoms with E-state index < -0.39 is 0 Å². The number of nitrogens with one attached hydrogen (secondary N) is 2. The van der Waals surface area contributed by atoms with Crippen LogP contribution < -0.4 is 16.4 Å². The maximum Gasteiger partial charge on any atom is 0.195 e. The second-order valence-corrected chi connectivity index (χ2v) is 6.69. The third kappa shape index (κ3) is 4.41. The molecule has 3 rings (SSSR count). The van der Waals surface area contributed by atoms with E-state index in [9.17, 15) is 0 Å². The molecule has 5 heteroatoms. The van der Waals surface area contributed by atoms with E-state index in [1.807, 2.05) is 24.3 Å². The first-order valence-electron chi connectivity index (χ1n) is 8.40. The van der Waals surface area contributed by atoms with E-state index in [1.165, 1.54) is 16.7 Å². The van der Waals surface area contributed by atoms with Gasteiger partial charge < -0.3 is 11.1 Å². The van der Waals surface area contributed by atoms with Gasteiger partial charge in [-0.25, -0.2) is 4.99 Å². The van der Waals surface area contributed by atoms with Crippen molar-refractivity contribution in [2.45, 2.75) is 26.4 Å². The molecule has 0 aliphatic carbocycles. The minimum Gasteiger partial charge on any atom is -0.370 e. The second kappa shape index (κ2) is 7.72. The normalized spacial score (nSPS) is 16.8. The molecule has 0 bridgehead atoms. The molecular formula is C20H23ClN4. The summed E-state index contributed by atoms with van der Waals surface area (Å²) in [4.78, 5) is 4.47. The molecule has 1 atom stereocenters. The SMILES string of the molecule is Cc1cccc(C2=CC(NCCc3cccc(Cl)c3)NC(N)=N2)c1C. The molecule has 1 aliphatic rings. The lowest BCUT2D eigenvalue weighted by molar-refractivity contribution is 0.562. The van der Waals surface area contributed by atoms with Crippen LogP contribution in [0.4, 0.5) is 0 Å². The van der Waals surface area contributed by atoms with Crippen molar-refractivity contribution in [2.24, 2.45) is 10.7 Å². The van der Waals surface area contributed by atoms with Gasteiger partial charge in [-0.1, -0.05) is 41.9 Å². The molecule has 1 heterocycles. The Morgan fingerprint density at radius 3 is 2.80 bits per heavy atom. The molecule has 0 radical (unpaired) electrons. The van der Waals surface area contributed by atoms with Crippen molar-refractivity contribution in [2.75, 3.05) is 6.54 Å². The topological polar surface area (TPSA) is 62.4 Å². The number of aryl methyl sites for hydroxylation is 1. The highest BCUT2D eigenvalue weighted by molar-refractivity contribution is 6.30. The number of aliphatic imine (C=N–C) groups is 1. The lowest BCUT2D eigenvalue weighted by Crippen LogP contribution is -2.49. The summed E-state index contributed by atoms with van der Waals surface area (Å²) in [6.45, 7) is 5.02. The minimum absolute atomic E-state index is 0.0494. The van der Waals surface area contributed by atoms with E-state index in [4.69, 9.17) is 17.3 Å². The Balaban J connectivity index is 1.69. The fraction of sp³-hybridized carbons (Fsp3) is 0.250. The Morgan fingerprint density at radius 2 is 2.00 bits per heavy atom. The summed E-state index contributed by atoms with van der Waals surface area (Å²) in [6, 6.07) is 14.2. The van der Waals surface area contributed by atoms with Gasteiger partial charge in [0.25, 0.3) is 0 Å². The van der Waals surface area contributed by atoms with Gasteiger partial charge in [-0.15, -0.1) is 0 Å². The van der Waals surface area contributed by atoms with Crippen LogP contribution in [0.1, 0.15) is 22.3 Å². The van der Waals surface area contributed by atoms with Gasteiger partial charge in [-0.2, -0.15) is 0 Å². The van der Waals surface area contributed by atoms with Gasteiger partial charge in [0.05, 0.1) is 5.70 Å². The van der Waals surface area contributed by atoms with E-state index in [1.54, 1.807) is 0 Å². The van der Waals surface area contributed by atoms with Gasteiger partial charge >= 0.3 is 0 Å². The number of hydrogen-bond acceptors (Lipinski definition) is 4. The molecule has 1 unspecified atom stereocenters. The van der Waals surface area contributed by atoms with Crippen molar-refractivity contribution in [1.29, 1.82) is 0 Å². The van der Waals surface area contributed by atoms with Crippen molar-refractivity contribution in [3.8, 4) is 0 Å². The number of rotatable bonds is 5. The summed E-state index contributed by atoms with van der Waals surface area (Å²) in [5.41, 5.74) is 11.7. The van der Waals surface area contributed by atoms with E-state index in [0.29, 0.717) is 5.96 Å². The third-order valence-electron chi connectivity index (χ3n) is 4.42. The summed E-state index contributed by atoms with van der Waals surface area (Å²) in [7, 11) is 0. The van der Waals surface area contributed by atoms with Crippen molar-refractivity contribution in [3.05, 3.63) is 75.8 Å². The summed E-state index contributed by atoms with van der Waals surface area (Å²) in [5.74, 6) is 0.429. The van der Waals surface area contributed by atoms with Gasteiger partial charge in [0.2, 0.25) is 0 Å². The molecule has 0 amide bonds. The van der Waals surface area contributed by atoms with Crippen LogP contribution in [0.3, 0.4) is 0 Å². The summed E-state index contributed by atoms with van der Waals surface area (Å²) >= 11 is 6.03. The first kappa shape index (κ1) is 17.5. The first-order chi connectivity index (χ1) is 12.0. The zero-order valence-electron chi connectivity index (χ0n) is 14.5. The summed E-state index contributed by atoms with van der Waals surface area (Å²) in [6.07, 6.45) is 2.92. The lowest BCUT2D eigenvalue weighted by Gasteiger charge is -2.23. The highest BCUT2D eigenvalue weighted by atomic mass is 35.5. The zero-order valence-corrected chi connectivity index (χ0v) is 15.3. The molecule has 0 saturated carbocycles. The van der Waals surface area contributed by atoms with Crippen molar-refractivity contribution in [1.82, 2.24) is 10.6 Å². The van der Waals surface area contributed by atoms with E-state index in [-0.39, 0.29) is 6.17 Å². The van der Waals surface area contributed by atoms with Crippen LogP contribution in [0, 0.1) is 13.8 Å². The molecule has 0 spiro atoms. The molecule has 0 fully saturated rings. The maximum atomic E-state index is 6.03. The van der Waals surface area contributed by atoms with Gasteiger partial charge in [0, 0.05) is 17.1 Å². The quantitative estimate of drug-likeness (QED) is 0.771. The molecule has 25 heavy (non-hydrogen) atoms. The van der Waals surface area contributed by atoms with Gasteiger partial charge in [0.15, 0.2) is 5.96 Å². The van der Waals surface area contributed by atoms with Crippen molar-refractivity contribution < 1.29 is 0 Å². The summed E-state index contributed by atoms with van der Waals surface area (Å²) in [5, 5.41) is 7.39. The Hall–Kier alpha value is -2.30. The third-order valence-corrected chi connectivity index (χ3v) is 4.65. The highest BCUT2D eigenvalue weighted by Gasteiger charge is 2.16. The number of guanidine groups is 1. The minimum atomic E-state index is -0.0494. The summed E-state index contributed by atoms with van der Waals surface area (Å²) < 4.78 is 0. The van der Waals surface area contributed by atoms with Gasteiger partial charge in [0.1, 0.15) is 6.17 Å². The number of halogens is 1. The lowest BCUT2D eigenvalue weighted by atomic mass is 10.00. The number of benzene rings is 2. The monoisotopic (exact) mass is 354 g/mol. The average Bonchev–Trinajstić information content (AvgIpc) is 2.57. The molecular weight excluding hydrogens is 332 g/mol. The van der Waals surface area contributed by atoms with Crippen LogP contribution in [0.15, 0.2) is 53.5 Å². The molecule has 1 aliphatic heterocycles. The fourth-order valence-corrected chi connectivity index (χ4v) is 3.12. The molecule has 2 aromatic carbocycles. The van der Waals surface area contributed by atoms with Crippen LogP contribution in [0.5, 0.6) is 0 Å². The predicted molar refractivity (Wildman–Crippen MR) is 106 cm³/mol. The molecule has 0 saturated heterocycles. The smallest absolute Gasteiger partial charge is 0.195 e. The molecule has 2 aromatic rings. The number of hydrogen-bond donors (Lipinski definition) is 3. The van der Waals surface area contributed by atoms with E-state index in [2.05, 4.69) is 53.7 Å². The van der Waals surface area contributed by atoms with Gasteiger partial charge in [-0.3, -0.25) is 5.32 Å². The highest BCUT2D eigenvalue weighted by Crippen LogP contribution is 2.24. The predicted octanol–water partition coefficient (Wildman–Crippen LogP) is 3.37. The van der Waals surface area contributed by atoms with E-state index >= 15 is 0 Å². The second-order valence-electron chi connectivity index (χ2n) is 6.25. The Bertz CT molecular complexity index is 826. The standard InChI is InChI=1S/C20H23ClN4/c1-13-5-3-8-17(14(13)2)18-12-19(25-20(22)24-18)23-10-9-15-6-4-7-16(21)11-15/h3-8,11-12,19,23H,9-10H2,1-2H3,(H3,22,24,25). The van der Waals surface area contributed by atoms with Gasteiger partial charge in [-0.05, 0) is 55.2 Å². The van der Waals surface area contributed by atoms with Crippen LogP contribution in [-0.2, 0) is 6.42 Å². The Kier molecular flexibility index (Phi) is 5.41. The molecule has 130 valence electrons. The number of nitrogens with two attached hydrogens (primary N) is 1. The van der Waals surface area contributed by atoms with Crippen LogP contribution in [0.25, 0.3) is 5.70 Å². The van der Waals surface area contributed by atoms with Crippen LogP contribution in [-0.4, -0.2) is 18.7 Å². The first-order valence-corrected chi connectivity index (χ1v) is 8.77. The largest absolute Gasteiger partial charge is 0.370 e. The van der Waals surface area contributed by atoms with Crippen LogP contribution in [0.2, 0.25) is 5.02 Å². The van der Waals surface area contributed by atoms with E-state index in [0.717, 1.165) is 29.2 Å². The fourth-order valence-electron chi connectivity index (χ4n) is 2.91. The zero-order chi connectivity index (χ0) is 17.8. The average molecular weight is 355 g/mol. The molecule has 4 N–H and O–H groups in total. The molecule has 4 nitrogen and oxygen atoms in total.